The second-order valence-electron chi connectivity index (χ2n) is 9.68. The Labute approximate surface area is 202 Å². The number of aryl methyl sites for hydroxylation is 1. The minimum absolute atomic E-state index is 0.0474. The normalized spacial score (nSPS) is 16.3. The molecule has 8 nitrogen and oxygen atoms in total. The van der Waals surface area contributed by atoms with Gasteiger partial charge in [-0.2, -0.15) is 0 Å². The number of rotatable bonds is 10. The van der Waals surface area contributed by atoms with Crippen LogP contribution in [0.25, 0.3) is 0 Å². The molecule has 3 N–H and O–H groups in total. The lowest BCUT2D eigenvalue weighted by molar-refractivity contribution is -0.123. The zero-order valence-electron chi connectivity index (χ0n) is 20.5. The Bertz CT molecular complexity index is 930. The maximum Gasteiger partial charge on any atom is 0.407 e. The predicted octanol–water partition coefficient (Wildman–Crippen LogP) is 3.82. The number of aromatic nitrogens is 2. The Balaban J connectivity index is 1.55. The van der Waals surface area contributed by atoms with Gasteiger partial charge in [0.05, 0.1) is 30.0 Å². The van der Waals surface area contributed by atoms with Gasteiger partial charge in [-0.05, 0) is 83.1 Å². The zero-order chi connectivity index (χ0) is 24.4. The van der Waals surface area contributed by atoms with Gasteiger partial charge in [0.15, 0.2) is 0 Å². The van der Waals surface area contributed by atoms with Crippen molar-refractivity contribution in [3.63, 3.8) is 0 Å². The van der Waals surface area contributed by atoms with E-state index in [2.05, 4.69) is 32.0 Å². The largest absolute Gasteiger partial charge is 0.444 e. The molecular formula is C26H37N5O3. The van der Waals surface area contributed by atoms with Gasteiger partial charge >= 0.3 is 6.09 Å². The molecule has 0 radical (unpaired) electrons. The number of amides is 2. The second kappa shape index (κ2) is 12.5. The first-order valence-corrected chi connectivity index (χ1v) is 12.2. The van der Waals surface area contributed by atoms with Gasteiger partial charge in [0.2, 0.25) is 5.91 Å². The summed E-state index contributed by atoms with van der Waals surface area (Å²) in [6.07, 6.45) is 8.36. The van der Waals surface area contributed by atoms with Crippen LogP contribution in [0.5, 0.6) is 0 Å². The average Bonchev–Trinajstić information content (AvgIpc) is 2.81. The number of nitrogens with zero attached hydrogens (tertiary/aromatic N) is 2. The summed E-state index contributed by atoms with van der Waals surface area (Å²) in [4.78, 5) is 33.8. The van der Waals surface area contributed by atoms with Gasteiger partial charge in [0.1, 0.15) is 5.60 Å². The summed E-state index contributed by atoms with van der Waals surface area (Å²) in [5.74, 6) is -0.0474. The monoisotopic (exact) mass is 467 g/mol. The highest BCUT2D eigenvalue weighted by Crippen LogP contribution is 2.28. The van der Waals surface area contributed by atoms with Crippen LogP contribution < -0.4 is 16.0 Å². The summed E-state index contributed by atoms with van der Waals surface area (Å²) in [5.41, 5.74) is 2.60. The summed E-state index contributed by atoms with van der Waals surface area (Å²) < 4.78 is 5.27. The third-order valence-corrected chi connectivity index (χ3v) is 5.67. The standard InChI is InChI=1S/C26H37N5O3/c1-26(2,3)34-25(33)29-16-7-5-13-22(24(32)30-18-20-12-4-6-15-27-20)31-21-14-8-10-19-11-9-17-28-23(19)21/h4,6,9,11-12,15,17,21-22,31H,5,7-8,10,13-14,16,18H2,1-3H3,(H,29,33)(H,30,32)/t21?,22-/m0/s1. The van der Waals surface area contributed by atoms with E-state index in [0.29, 0.717) is 19.5 Å². The molecule has 0 fully saturated rings. The predicted molar refractivity (Wildman–Crippen MR) is 131 cm³/mol. The van der Waals surface area contributed by atoms with Crippen LogP contribution in [0, 0.1) is 0 Å². The first kappa shape index (κ1) is 25.6. The topological polar surface area (TPSA) is 105 Å². The lowest BCUT2D eigenvalue weighted by Gasteiger charge is -2.29. The van der Waals surface area contributed by atoms with Gasteiger partial charge in [-0.15, -0.1) is 0 Å². The fourth-order valence-corrected chi connectivity index (χ4v) is 4.09. The SMILES string of the molecule is CC(C)(C)OC(=O)NCCCC[C@H](NC1CCCc2cccnc21)C(=O)NCc1ccccn1. The van der Waals surface area contributed by atoms with Crippen molar-refractivity contribution in [3.8, 4) is 0 Å². The molecule has 1 aliphatic rings. The van der Waals surface area contributed by atoms with E-state index in [4.69, 9.17) is 4.74 Å². The molecule has 2 heterocycles. The summed E-state index contributed by atoms with van der Waals surface area (Å²) in [7, 11) is 0. The Kier molecular flexibility index (Phi) is 9.39. The molecule has 3 rings (SSSR count). The highest BCUT2D eigenvalue weighted by Gasteiger charge is 2.27. The molecule has 8 heteroatoms. The number of unbranched alkanes of at least 4 members (excludes halogenated alkanes) is 1. The maximum absolute atomic E-state index is 13.1. The van der Waals surface area contributed by atoms with Crippen molar-refractivity contribution in [2.45, 2.75) is 83.5 Å². The molecule has 0 spiro atoms. The highest BCUT2D eigenvalue weighted by molar-refractivity contribution is 5.81. The Morgan fingerprint density at radius 2 is 1.91 bits per heavy atom. The molecule has 2 amide bonds. The quantitative estimate of drug-likeness (QED) is 0.459. The summed E-state index contributed by atoms with van der Waals surface area (Å²) >= 11 is 0. The van der Waals surface area contributed by atoms with Crippen LogP contribution in [-0.2, 0) is 22.5 Å². The van der Waals surface area contributed by atoms with Crippen molar-refractivity contribution >= 4 is 12.0 Å². The lowest BCUT2D eigenvalue weighted by Crippen LogP contribution is -2.46. The Morgan fingerprint density at radius 1 is 1.09 bits per heavy atom. The Morgan fingerprint density at radius 3 is 2.68 bits per heavy atom. The molecule has 2 atom stereocenters. The van der Waals surface area contributed by atoms with E-state index in [1.807, 2.05) is 51.2 Å². The molecule has 0 aromatic carbocycles. The van der Waals surface area contributed by atoms with Crippen LogP contribution in [0.2, 0.25) is 0 Å². The van der Waals surface area contributed by atoms with Crippen molar-refractivity contribution in [1.29, 1.82) is 0 Å². The summed E-state index contributed by atoms with van der Waals surface area (Å²) in [6.45, 7) is 6.41. The van der Waals surface area contributed by atoms with Crippen LogP contribution in [-0.4, -0.2) is 40.2 Å². The van der Waals surface area contributed by atoms with Crippen LogP contribution in [0.15, 0.2) is 42.7 Å². The second-order valence-corrected chi connectivity index (χ2v) is 9.68. The number of fused-ring (bicyclic) bond motifs is 1. The molecule has 0 saturated heterocycles. The van der Waals surface area contributed by atoms with Crippen LogP contribution in [0.1, 0.15) is 75.9 Å². The van der Waals surface area contributed by atoms with Gasteiger partial charge < -0.3 is 15.4 Å². The summed E-state index contributed by atoms with van der Waals surface area (Å²) in [6, 6.07) is 9.44. The van der Waals surface area contributed by atoms with Crippen molar-refractivity contribution < 1.29 is 14.3 Å². The van der Waals surface area contributed by atoms with Crippen molar-refractivity contribution in [3.05, 3.63) is 59.7 Å². The number of carbonyl (C=O) groups is 2. The minimum atomic E-state index is -0.519. The third-order valence-electron chi connectivity index (χ3n) is 5.67. The third kappa shape index (κ3) is 8.41. The summed E-state index contributed by atoms with van der Waals surface area (Å²) in [5, 5.41) is 9.38. The number of hydrogen-bond donors (Lipinski definition) is 3. The van der Waals surface area contributed by atoms with E-state index in [1.165, 1.54) is 5.56 Å². The van der Waals surface area contributed by atoms with E-state index >= 15 is 0 Å². The van der Waals surface area contributed by atoms with Gasteiger partial charge in [-0.1, -0.05) is 12.1 Å². The van der Waals surface area contributed by atoms with E-state index in [-0.39, 0.29) is 18.0 Å². The van der Waals surface area contributed by atoms with Crippen LogP contribution >= 0.6 is 0 Å². The number of carbonyl (C=O) groups excluding carboxylic acids is 2. The fraction of sp³-hybridized carbons (Fsp3) is 0.538. The van der Waals surface area contributed by atoms with E-state index < -0.39 is 11.7 Å². The van der Waals surface area contributed by atoms with Crippen LogP contribution in [0.4, 0.5) is 4.79 Å². The molecule has 34 heavy (non-hydrogen) atoms. The van der Waals surface area contributed by atoms with Gasteiger partial charge in [-0.3, -0.25) is 20.1 Å². The van der Waals surface area contributed by atoms with Crippen molar-refractivity contribution in [1.82, 2.24) is 25.9 Å². The maximum atomic E-state index is 13.1. The molecule has 2 aromatic rings. The average molecular weight is 468 g/mol. The molecule has 0 saturated carbocycles. The molecule has 0 aliphatic heterocycles. The molecule has 1 aliphatic carbocycles. The smallest absolute Gasteiger partial charge is 0.407 e. The molecule has 2 aromatic heterocycles. The lowest BCUT2D eigenvalue weighted by atomic mass is 9.91. The van der Waals surface area contributed by atoms with Gasteiger partial charge in [0.25, 0.3) is 0 Å². The number of hydrogen-bond acceptors (Lipinski definition) is 6. The molecular weight excluding hydrogens is 430 g/mol. The first-order chi connectivity index (χ1) is 16.3. The van der Waals surface area contributed by atoms with Crippen molar-refractivity contribution in [2.75, 3.05) is 6.54 Å². The van der Waals surface area contributed by atoms with Crippen molar-refractivity contribution in [2.24, 2.45) is 0 Å². The van der Waals surface area contributed by atoms with Gasteiger partial charge in [0, 0.05) is 18.9 Å². The zero-order valence-corrected chi connectivity index (χ0v) is 20.5. The number of alkyl carbamates (subject to hydrolysis) is 1. The fourth-order valence-electron chi connectivity index (χ4n) is 4.09. The molecule has 0 bridgehead atoms. The number of ether oxygens (including phenoxy) is 1. The Hall–Kier alpha value is -3.00. The number of nitrogens with one attached hydrogen (secondary N) is 3. The molecule has 184 valence electrons. The first-order valence-electron chi connectivity index (χ1n) is 12.2. The minimum Gasteiger partial charge on any atom is -0.444 e. The van der Waals surface area contributed by atoms with Gasteiger partial charge in [-0.25, -0.2) is 4.79 Å². The molecule has 1 unspecified atom stereocenters. The number of pyridine rings is 2. The van der Waals surface area contributed by atoms with E-state index in [0.717, 1.165) is 43.5 Å². The van der Waals surface area contributed by atoms with E-state index in [1.54, 1.807) is 6.20 Å². The highest BCUT2D eigenvalue weighted by atomic mass is 16.6. The van der Waals surface area contributed by atoms with E-state index in [9.17, 15) is 9.59 Å². The van der Waals surface area contributed by atoms with Crippen LogP contribution in [0.3, 0.4) is 0 Å².